The first-order valence-electron chi connectivity index (χ1n) is 9.67. The van der Waals surface area contributed by atoms with Crippen LogP contribution in [0.1, 0.15) is 78.6 Å². The van der Waals surface area contributed by atoms with E-state index in [-0.39, 0.29) is 5.41 Å². The molecule has 1 nitrogen and oxygen atoms in total. The van der Waals surface area contributed by atoms with Gasteiger partial charge in [0.1, 0.15) is 0 Å². The summed E-state index contributed by atoms with van der Waals surface area (Å²) in [5.74, 6) is 3.44. The van der Waals surface area contributed by atoms with Crippen LogP contribution in [0.4, 0.5) is 0 Å². The lowest BCUT2D eigenvalue weighted by Gasteiger charge is -2.61. The number of hydrogen-bond acceptors (Lipinski definition) is 1. The smallest absolute Gasteiger partial charge is 0.0675 e. The van der Waals surface area contributed by atoms with Crippen molar-refractivity contribution in [1.29, 1.82) is 0 Å². The van der Waals surface area contributed by atoms with Gasteiger partial charge >= 0.3 is 0 Å². The summed E-state index contributed by atoms with van der Waals surface area (Å²) in [6.07, 6.45) is 11.6. The zero-order valence-electron chi connectivity index (χ0n) is 14.8. The van der Waals surface area contributed by atoms with Crippen molar-refractivity contribution in [1.82, 2.24) is 0 Å². The van der Waals surface area contributed by atoms with Crippen LogP contribution < -0.4 is 0 Å². The van der Waals surface area contributed by atoms with Crippen molar-refractivity contribution in [2.45, 2.75) is 84.2 Å². The minimum Gasteiger partial charge on any atom is -0.390 e. The summed E-state index contributed by atoms with van der Waals surface area (Å²) in [7, 11) is 0. The molecule has 0 spiro atoms. The van der Waals surface area contributed by atoms with E-state index in [0.29, 0.717) is 5.41 Å². The molecule has 0 radical (unpaired) electrons. The van der Waals surface area contributed by atoms with Crippen molar-refractivity contribution in [2.24, 2.45) is 34.5 Å². The summed E-state index contributed by atoms with van der Waals surface area (Å²) in [5.41, 5.74) is 1.75. The number of hydrogen-bond donors (Lipinski definition) is 1. The number of rotatable bonds is 0. The predicted molar refractivity (Wildman–Crippen MR) is 91.5 cm³/mol. The topological polar surface area (TPSA) is 20.2 Å². The van der Waals surface area contributed by atoms with Crippen LogP contribution in [0.5, 0.6) is 0 Å². The first-order valence-corrected chi connectivity index (χ1v) is 9.67. The van der Waals surface area contributed by atoms with Gasteiger partial charge in [-0.1, -0.05) is 26.0 Å². The fraction of sp³-hybridized carbons (Fsp3) is 0.905. The van der Waals surface area contributed by atoms with Crippen LogP contribution in [0.15, 0.2) is 12.2 Å². The number of fused-ring (bicyclic) bond motifs is 5. The Bertz CT molecular complexity index is 492. The largest absolute Gasteiger partial charge is 0.390 e. The molecular formula is C21H34O. The second-order valence-corrected chi connectivity index (χ2v) is 9.89. The maximum absolute atomic E-state index is 11.0. The summed E-state index contributed by atoms with van der Waals surface area (Å²) in [4.78, 5) is 0. The highest BCUT2D eigenvalue weighted by molar-refractivity contribution is 5.16. The van der Waals surface area contributed by atoms with Crippen LogP contribution in [-0.4, -0.2) is 10.7 Å². The molecule has 4 aliphatic rings. The fourth-order valence-electron chi connectivity index (χ4n) is 7.53. The van der Waals surface area contributed by atoms with E-state index in [1.54, 1.807) is 0 Å². The average Bonchev–Trinajstić information content (AvgIpc) is 2.68. The molecule has 0 aromatic carbocycles. The van der Waals surface area contributed by atoms with E-state index in [0.717, 1.165) is 30.1 Å². The molecule has 4 saturated carbocycles. The van der Waals surface area contributed by atoms with Gasteiger partial charge in [-0.05, 0) is 99.2 Å². The molecule has 0 aromatic rings. The van der Waals surface area contributed by atoms with E-state index in [1.165, 1.54) is 56.9 Å². The van der Waals surface area contributed by atoms with Gasteiger partial charge in [0.15, 0.2) is 0 Å². The highest BCUT2D eigenvalue weighted by atomic mass is 16.3. The zero-order chi connectivity index (χ0) is 15.8. The molecule has 7 atom stereocenters. The standard InChI is InChI=1S/C21H34O/c1-14-5-6-15-7-8-16-17(19(15,2)13-14)9-11-20(3)18(16)10-12-21(20,4)22/h15-18,22H,1,5-13H2,2-4H3/t15-,16-,17+,18-,19+,20-,21+/m1/s1. The Morgan fingerprint density at radius 1 is 0.955 bits per heavy atom. The summed E-state index contributed by atoms with van der Waals surface area (Å²) in [6, 6.07) is 0. The van der Waals surface area contributed by atoms with E-state index < -0.39 is 5.60 Å². The third kappa shape index (κ3) is 1.81. The monoisotopic (exact) mass is 302 g/mol. The molecular weight excluding hydrogens is 268 g/mol. The Labute approximate surface area is 136 Å². The van der Waals surface area contributed by atoms with E-state index in [4.69, 9.17) is 0 Å². The molecule has 0 heterocycles. The summed E-state index contributed by atoms with van der Waals surface area (Å²) >= 11 is 0. The van der Waals surface area contributed by atoms with Crippen LogP contribution in [0.25, 0.3) is 0 Å². The highest BCUT2D eigenvalue weighted by Gasteiger charge is 2.62. The third-order valence-corrected chi connectivity index (χ3v) is 9.10. The van der Waals surface area contributed by atoms with Crippen molar-refractivity contribution in [2.75, 3.05) is 0 Å². The fourth-order valence-corrected chi connectivity index (χ4v) is 7.53. The summed E-state index contributed by atoms with van der Waals surface area (Å²) < 4.78 is 0. The quantitative estimate of drug-likeness (QED) is 0.599. The van der Waals surface area contributed by atoms with Gasteiger partial charge in [-0.2, -0.15) is 0 Å². The minimum absolute atomic E-state index is 0.170. The molecule has 1 N–H and O–H groups in total. The second kappa shape index (κ2) is 4.62. The van der Waals surface area contributed by atoms with Crippen molar-refractivity contribution in [3.8, 4) is 0 Å². The number of allylic oxidation sites excluding steroid dienone is 1. The Morgan fingerprint density at radius 2 is 1.68 bits per heavy atom. The molecule has 0 aliphatic heterocycles. The lowest BCUT2D eigenvalue weighted by atomic mass is 9.44. The lowest BCUT2D eigenvalue weighted by molar-refractivity contribution is -0.141. The molecule has 22 heavy (non-hydrogen) atoms. The van der Waals surface area contributed by atoms with E-state index in [9.17, 15) is 5.11 Å². The first-order chi connectivity index (χ1) is 10.3. The molecule has 0 bridgehead atoms. The van der Waals surface area contributed by atoms with E-state index in [2.05, 4.69) is 27.4 Å². The Balaban J connectivity index is 1.67. The molecule has 4 aliphatic carbocycles. The Hall–Kier alpha value is -0.300. The summed E-state index contributed by atoms with van der Waals surface area (Å²) in [5, 5.41) is 11.0. The molecule has 1 heteroatoms. The normalized spacial score (nSPS) is 57.9. The van der Waals surface area contributed by atoms with Crippen LogP contribution >= 0.6 is 0 Å². The van der Waals surface area contributed by atoms with Gasteiger partial charge in [0, 0.05) is 0 Å². The average molecular weight is 303 g/mol. The van der Waals surface area contributed by atoms with Gasteiger partial charge in [-0.25, -0.2) is 0 Å². The van der Waals surface area contributed by atoms with Crippen molar-refractivity contribution < 1.29 is 5.11 Å². The highest BCUT2D eigenvalue weighted by Crippen LogP contribution is 2.68. The van der Waals surface area contributed by atoms with Gasteiger partial charge < -0.3 is 5.11 Å². The molecule has 0 aromatic heterocycles. The zero-order valence-corrected chi connectivity index (χ0v) is 14.8. The van der Waals surface area contributed by atoms with Crippen molar-refractivity contribution in [3.63, 3.8) is 0 Å². The second-order valence-electron chi connectivity index (χ2n) is 9.89. The van der Waals surface area contributed by atoms with Crippen molar-refractivity contribution >= 4 is 0 Å². The maximum Gasteiger partial charge on any atom is 0.0675 e. The Kier molecular flexibility index (Phi) is 3.20. The van der Waals surface area contributed by atoms with E-state index >= 15 is 0 Å². The van der Waals surface area contributed by atoms with Crippen LogP contribution in [0.3, 0.4) is 0 Å². The first kappa shape index (κ1) is 15.2. The molecule has 0 unspecified atom stereocenters. The van der Waals surface area contributed by atoms with Gasteiger partial charge in [0.2, 0.25) is 0 Å². The molecule has 124 valence electrons. The SMILES string of the molecule is C=C1CC[C@@H]2CC[C@H]3[C@H]4CC[C@](C)(O)[C@]4(C)CC[C@@H]3[C@@]2(C)C1. The van der Waals surface area contributed by atoms with Gasteiger partial charge in [-0.3, -0.25) is 0 Å². The van der Waals surface area contributed by atoms with Crippen LogP contribution in [0, 0.1) is 34.5 Å². The van der Waals surface area contributed by atoms with Crippen LogP contribution in [0.2, 0.25) is 0 Å². The van der Waals surface area contributed by atoms with E-state index in [1.807, 2.05) is 0 Å². The third-order valence-electron chi connectivity index (χ3n) is 9.10. The van der Waals surface area contributed by atoms with Crippen LogP contribution in [-0.2, 0) is 0 Å². The van der Waals surface area contributed by atoms with Gasteiger partial charge in [-0.15, -0.1) is 0 Å². The van der Waals surface area contributed by atoms with Gasteiger partial charge in [0.05, 0.1) is 5.60 Å². The lowest BCUT2D eigenvalue weighted by Crippen LogP contribution is -2.55. The van der Waals surface area contributed by atoms with Crippen molar-refractivity contribution in [3.05, 3.63) is 12.2 Å². The Morgan fingerprint density at radius 3 is 2.45 bits per heavy atom. The number of aliphatic hydroxyl groups is 1. The maximum atomic E-state index is 11.0. The molecule has 0 amide bonds. The predicted octanol–water partition coefficient (Wildman–Crippen LogP) is 5.34. The molecule has 4 rings (SSSR count). The van der Waals surface area contributed by atoms with Gasteiger partial charge in [0.25, 0.3) is 0 Å². The summed E-state index contributed by atoms with van der Waals surface area (Å²) in [6.45, 7) is 11.5. The molecule has 4 fully saturated rings. The minimum atomic E-state index is -0.434. The molecule has 0 saturated heterocycles.